The average molecular weight is 415 g/mol. The third-order valence-corrected chi connectivity index (χ3v) is 11.4. The lowest BCUT2D eigenvalue weighted by Gasteiger charge is -2.38. The Labute approximate surface area is 176 Å². The van der Waals surface area contributed by atoms with Crippen LogP contribution < -0.4 is 9.61 Å². The zero-order chi connectivity index (χ0) is 21.8. The van der Waals surface area contributed by atoms with Gasteiger partial charge in [0.25, 0.3) is 0 Å². The average Bonchev–Trinajstić information content (AvgIpc) is 2.70. The Balaban J connectivity index is 2.82. The summed E-state index contributed by atoms with van der Waals surface area (Å²) in [4.78, 5) is 0. The molecule has 28 heavy (non-hydrogen) atoms. The van der Waals surface area contributed by atoms with Gasteiger partial charge in [-0.15, -0.1) is 0 Å². The van der Waals surface area contributed by atoms with Crippen molar-refractivity contribution >= 4 is 21.6 Å². The summed E-state index contributed by atoms with van der Waals surface area (Å²) in [6, 6.07) is 4.81. The highest BCUT2D eigenvalue weighted by atomic mass is 28.4. The van der Waals surface area contributed by atoms with Gasteiger partial charge in [-0.05, 0) is 81.6 Å². The molecule has 0 N–H and O–H groups in total. The van der Waals surface area contributed by atoms with Crippen molar-refractivity contribution in [2.45, 2.75) is 99.1 Å². The van der Waals surface area contributed by atoms with Crippen LogP contribution in [0.15, 0.2) is 34.4 Å². The Morgan fingerprint density at radius 3 is 1.64 bits per heavy atom. The second-order valence-corrected chi connectivity index (χ2v) is 20.4. The van der Waals surface area contributed by atoms with Gasteiger partial charge in [0.2, 0.25) is 8.32 Å². The molecule has 0 unspecified atom stereocenters. The van der Waals surface area contributed by atoms with E-state index in [1.165, 1.54) is 33.2 Å². The molecule has 0 saturated carbocycles. The predicted molar refractivity (Wildman–Crippen MR) is 131 cm³/mol. The number of aryl methyl sites for hydroxylation is 1. The van der Waals surface area contributed by atoms with Crippen molar-refractivity contribution in [1.82, 2.24) is 0 Å². The minimum atomic E-state index is -1.86. The molecule has 0 radical (unpaired) electrons. The van der Waals surface area contributed by atoms with E-state index in [1.54, 1.807) is 11.1 Å². The first-order valence-corrected chi connectivity index (χ1v) is 17.2. The van der Waals surface area contributed by atoms with Crippen LogP contribution in [0.4, 0.5) is 0 Å². The second-order valence-electron chi connectivity index (χ2n) is 11.4. The fraction of sp³-hybridized carbons (Fsp3) is 0.600. The highest BCUT2D eigenvalue weighted by Gasteiger charge is 2.43. The Kier molecular flexibility index (Phi) is 6.07. The van der Waals surface area contributed by atoms with E-state index < -0.39 is 16.4 Å². The molecule has 1 nitrogen and oxygen atoms in total. The van der Waals surface area contributed by atoms with Gasteiger partial charge in [0.05, 0.1) is 8.07 Å². The molecule has 0 heterocycles. The van der Waals surface area contributed by atoms with Gasteiger partial charge in [0, 0.05) is 5.54 Å². The molecule has 0 atom stereocenters. The molecule has 0 aromatic heterocycles. The molecule has 1 aliphatic rings. The number of hydrogen-bond donors (Lipinski definition) is 0. The maximum atomic E-state index is 6.86. The van der Waals surface area contributed by atoms with Crippen LogP contribution in [-0.4, -0.2) is 16.4 Å². The lowest BCUT2D eigenvalue weighted by Crippen LogP contribution is -2.49. The van der Waals surface area contributed by atoms with E-state index in [1.807, 2.05) is 0 Å². The van der Waals surface area contributed by atoms with Gasteiger partial charge in [0.15, 0.2) is 0 Å². The predicted octanol–water partition coefficient (Wildman–Crippen LogP) is 7.48. The fourth-order valence-electron chi connectivity index (χ4n) is 4.81. The summed E-state index contributed by atoms with van der Waals surface area (Å²) in [5.74, 6) is 1.21. The van der Waals surface area contributed by atoms with Crippen molar-refractivity contribution in [2.24, 2.45) is 0 Å². The van der Waals surface area contributed by atoms with Crippen LogP contribution >= 0.6 is 0 Å². The fourth-order valence-corrected chi connectivity index (χ4v) is 10.0. The molecule has 0 bridgehead atoms. The van der Waals surface area contributed by atoms with Gasteiger partial charge < -0.3 is 4.43 Å². The Hall–Kier alpha value is -1.07. The van der Waals surface area contributed by atoms with Crippen LogP contribution in [0.1, 0.15) is 59.6 Å². The van der Waals surface area contributed by atoms with E-state index in [9.17, 15) is 0 Å². The lowest BCUT2D eigenvalue weighted by molar-refractivity contribution is 0.511. The first-order valence-electron chi connectivity index (χ1n) is 10.7. The summed E-state index contributed by atoms with van der Waals surface area (Å²) >= 11 is 0. The largest absolute Gasteiger partial charge is 0.544 e. The molecule has 0 amide bonds. The van der Waals surface area contributed by atoms with E-state index in [-0.39, 0.29) is 5.41 Å². The van der Waals surface area contributed by atoms with Crippen molar-refractivity contribution in [3.05, 3.63) is 45.6 Å². The monoisotopic (exact) mass is 414 g/mol. The van der Waals surface area contributed by atoms with Crippen LogP contribution in [0, 0.1) is 6.92 Å². The summed E-state index contributed by atoms with van der Waals surface area (Å²) in [6.45, 7) is 30.5. The smallest absolute Gasteiger partial charge is 0.242 e. The zero-order valence-electron chi connectivity index (χ0n) is 20.6. The SMILES string of the molecule is CC1=C(C)C([Si](C)(C)c2cc(C)cc(C(C)(C)C)c2O[Si](C)(C)C)C(C)=C1C. The molecular formula is C25H42OSi2. The summed E-state index contributed by atoms with van der Waals surface area (Å²) in [6.07, 6.45) is 0. The van der Waals surface area contributed by atoms with Crippen LogP contribution in [-0.2, 0) is 5.41 Å². The Morgan fingerprint density at radius 1 is 0.786 bits per heavy atom. The highest BCUT2D eigenvalue weighted by molar-refractivity contribution is 6.93. The van der Waals surface area contributed by atoms with Crippen molar-refractivity contribution in [3.8, 4) is 5.75 Å². The molecule has 0 aliphatic heterocycles. The minimum absolute atomic E-state index is 0.0670. The second kappa shape index (κ2) is 7.32. The summed E-state index contributed by atoms with van der Waals surface area (Å²) in [7, 11) is -3.60. The van der Waals surface area contributed by atoms with Crippen LogP contribution in [0.25, 0.3) is 0 Å². The molecular weight excluding hydrogens is 372 g/mol. The van der Waals surface area contributed by atoms with E-state index in [0.717, 1.165) is 0 Å². The highest BCUT2D eigenvalue weighted by Crippen LogP contribution is 2.48. The molecule has 1 aromatic carbocycles. The van der Waals surface area contributed by atoms with Gasteiger partial charge >= 0.3 is 0 Å². The first-order chi connectivity index (χ1) is 12.5. The number of hydrogen-bond acceptors (Lipinski definition) is 1. The van der Waals surface area contributed by atoms with Crippen LogP contribution in [0.3, 0.4) is 0 Å². The molecule has 3 heteroatoms. The minimum Gasteiger partial charge on any atom is -0.544 e. The Morgan fingerprint density at radius 2 is 1.25 bits per heavy atom. The Bertz CT molecular complexity index is 819. The van der Waals surface area contributed by atoms with E-state index >= 15 is 0 Å². The molecule has 1 aliphatic carbocycles. The quantitative estimate of drug-likeness (QED) is 0.464. The van der Waals surface area contributed by atoms with Gasteiger partial charge in [-0.3, -0.25) is 0 Å². The van der Waals surface area contributed by atoms with Crippen LogP contribution in [0.5, 0.6) is 5.75 Å². The zero-order valence-corrected chi connectivity index (χ0v) is 22.6. The first kappa shape index (κ1) is 23.2. The summed E-state index contributed by atoms with van der Waals surface area (Å²) < 4.78 is 6.86. The van der Waals surface area contributed by atoms with Crippen molar-refractivity contribution in [3.63, 3.8) is 0 Å². The third-order valence-electron chi connectivity index (χ3n) is 6.48. The standard InChI is InChI=1S/C25H42OSi2/c1-16-14-21(25(6,7)8)23(26-27(9,10)11)22(15-16)28(12,13)24-19(4)17(2)18(3)20(24)5/h14-15,24H,1-13H3. The van der Waals surface area contributed by atoms with Gasteiger partial charge in [-0.1, -0.05) is 62.7 Å². The van der Waals surface area contributed by atoms with Gasteiger partial charge in [-0.2, -0.15) is 0 Å². The third kappa shape index (κ3) is 4.26. The molecule has 0 spiro atoms. The van der Waals surface area contributed by atoms with Gasteiger partial charge in [-0.25, -0.2) is 0 Å². The topological polar surface area (TPSA) is 9.23 Å². The molecule has 0 saturated heterocycles. The number of allylic oxidation sites excluding steroid dienone is 4. The summed E-state index contributed by atoms with van der Waals surface area (Å²) in [5.41, 5.74) is 9.51. The molecule has 1 aromatic rings. The molecule has 2 rings (SSSR count). The van der Waals surface area contributed by atoms with E-state index in [4.69, 9.17) is 4.43 Å². The number of benzene rings is 1. The van der Waals surface area contributed by atoms with Crippen molar-refractivity contribution in [2.75, 3.05) is 0 Å². The maximum absolute atomic E-state index is 6.86. The normalized spacial score (nSPS) is 17.0. The summed E-state index contributed by atoms with van der Waals surface area (Å²) in [5, 5.41) is 1.51. The van der Waals surface area contributed by atoms with E-state index in [2.05, 4.69) is 100 Å². The number of rotatable bonds is 4. The van der Waals surface area contributed by atoms with Crippen molar-refractivity contribution < 1.29 is 4.43 Å². The van der Waals surface area contributed by atoms with Crippen LogP contribution in [0.2, 0.25) is 38.3 Å². The lowest BCUT2D eigenvalue weighted by atomic mass is 9.85. The maximum Gasteiger partial charge on any atom is 0.242 e. The van der Waals surface area contributed by atoms with E-state index in [0.29, 0.717) is 5.54 Å². The molecule has 156 valence electrons. The molecule has 0 fully saturated rings. The van der Waals surface area contributed by atoms with Gasteiger partial charge in [0.1, 0.15) is 5.75 Å². The van der Waals surface area contributed by atoms with Crippen molar-refractivity contribution in [1.29, 1.82) is 0 Å².